The van der Waals surface area contributed by atoms with Crippen LogP contribution < -0.4 is 10.6 Å². The van der Waals surface area contributed by atoms with Gasteiger partial charge in [0.25, 0.3) is 0 Å². The molecule has 0 aromatic carbocycles. The molecule has 1 amide bonds. The van der Waals surface area contributed by atoms with Gasteiger partial charge < -0.3 is 15.5 Å². The number of carbonyl (C=O) groups excluding carboxylic acids is 1. The Morgan fingerprint density at radius 3 is 2.77 bits per heavy atom. The highest BCUT2D eigenvalue weighted by Gasteiger charge is 2.42. The zero-order valence-corrected chi connectivity index (χ0v) is 18.6. The third-order valence-corrected chi connectivity index (χ3v) is 5.69. The molecule has 7 nitrogen and oxygen atoms in total. The Balaban J connectivity index is 0.00000243. The summed E-state index contributed by atoms with van der Waals surface area (Å²) in [6.07, 6.45) is 3.81. The van der Waals surface area contributed by atoms with Gasteiger partial charge in [0.1, 0.15) is 0 Å². The van der Waals surface area contributed by atoms with Crippen molar-refractivity contribution in [3.8, 4) is 0 Å². The molecule has 2 aliphatic rings. The van der Waals surface area contributed by atoms with Crippen LogP contribution in [0.2, 0.25) is 0 Å². The maximum absolute atomic E-state index is 11.7. The number of hydrogen-bond donors (Lipinski definition) is 2. The molecule has 1 unspecified atom stereocenters. The fourth-order valence-corrected chi connectivity index (χ4v) is 4.24. The van der Waals surface area contributed by atoms with Crippen LogP contribution in [0.4, 0.5) is 0 Å². The van der Waals surface area contributed by atoms with E-state index in [1.807, 2.05) is 18.8 Å². The van der Waals surface area contributed by atoms with Gasteiger partial charge in [-0.3, -0.25) is 14.5 Å². The van der Waals surface area contributed by atoms with Crippen LogP contribution in [-0.4, -0.2) is 59.8 Å². The first-order valence-electron chi connectivity index (χ1n) is 9.15. The van der Waals surface area contributed by atoms with Crippen molar-refractivity contribution in [2.24, 2.45) is 17.5 Å². The Morgan fingerprint density at radius 1 is 1.42 bits per heavy atom. The van der Waals surface area contributed by atoms with Crippen molar-refractivity contribution >= 4 is 35.8 Å². The van der Waals surface area contributed by atoms with Crippen LogP contribution in [0.25, 0.3) is 0 Å². The van der Waals surface area contributed by atoms with E-state index in [0.29, 0.717) is 6.42 Å². The summed E-state index contributed by atoms with van der Waals surface area (Å²) in [7, 11) is 3.82. The van der Waals surface area contributed by atoms with Gasteiger partial charge in [-0.25, -0.2) is 0 Å². The van der Waals surface area contributed by atoms with Crippen molar-refractivity contribution in [1.29, 1.82) is 0 Å². The van der Waals surface area contributed by atoms with Crippen LogP contribution in [-0.2, 0) is 18.3 Å². The van der Waals surface area contributed by atoms with E-state index in [1.165, 1.54) is 11.3 Å². The molecule has 1 atom stereocenters. The number of guanidine groups is 1. The quantitative estimate of drug-likeness (QED) is 0.395. The lowest BCUT2D eigenvalue weighted by atomic mass is 9.79. The lowest BCUT2D eigenvalue weighted by molar-refractivity contribution is -0.119. The van der Waals surface area contributed by atoms with E-state index >= 15 is 0 Å². The van der Waals surface area contributed by atoms with Gasteiger partial charge in [-0.05, 0) is 38.7 Å². The number of halogens is 1. The molecule has 0 aliphatic carbocycles. The van der Waals surface area contributed by atoms with E-state index in [4.69, 9.17) is 0 Å². The molecular weight excluding hydrogens is 443 g/mol. The van der Waals surface area contributed by atoms with Gasteiger partial charge in [-0.1, -0.05) is 0 Å². The van der Waals surface area contributed by atoms with Crippen molar-refractivity contribution in [2.75, 3.05) is 33.2 Å². The summed E-state index contributed by atoms with van der Waals surface area (Å²) < 4.78 is 1.94. The molecule has 8 heteroatoms. The second kappa shape index (κ2) is 8.58. The van der Waals surface area contributed by atoms with E-state index in [9.17, 15) is 4.79 Å². The molecule has 2 aliphatic heterocycles. The number of aryl methyl sites for hydroxylation is 2. The smallest absolute Gasteiger partial charge is 0.220 e. The molecule has 3 heterocycles. The highest BCUT2D eigenvalue weighted by molar-refractivity contribution is 14.0. The molecule has 0 bridgehead atoms. The lowest BCUT2D eigenvalue weighted by Crippen LogP contribution is -2.51. The predicted molar refractivity (Wildman–Crippen MR) is 114 cm³/mol. The molecule has 0 saturated carbocycles. The molecule has 0 radical (unpaired) electrons. The zero-order chi connectivity index (χ0) is 18.0. The van der Waals surface area contributed by atoms with Crippen LogP contribution in [0, 0.1) is 19.3 Å². The van der Waals surface area contributed by atoms with E-state index in [0.717, 1.165) is 57.1 Å². The summed E-state index contributed by atoms with van der Waals surface area (Å²) in [4.78, 5) is 18.5. The van der Waals surface area contributed by atoms with Gasteiger partial charge in [-0.15, -0.1) is 24.0 Å². The largest absolute Gasteiger partial charge is 0.356 e. The van der Waals surface area contributed by atoms with Crippen molar-refractivity contribution in [1.82, 2.24) is 25.3 Å². The van der Waals surface area contributed by atoms with Crippen molar-refractivity contribution < 1.29 is 4.79 Å². The maximum atomic E-state index is 11.7. The van der Waals surface area contributed by atoms with Crippen LogP contribution in [0.1, 0.15) is 36.2 Å². The summed E-state index contributed by atoms with van der Waals surface area (Å²) in [6.45, 7) is 7.71. The van der Waals surface area contributed by atoms with E-state index in [1.54, 1.807) is 0 Å². The molecule has 1 spiro atoms. The minimum Gasteiger partial charge on any atom is -0.356 e. The fraction of sp³-hybridized carbons (Fsp3) is 0.722. The monoisotopic (exact) mass is 474 g/mol. The van der Waals surface area contributed by atoms with Gasteiger partial charge >= 0.3 is 0 Å². The zero-order valence-electron chi connectivity index (χ0n) is 16.3. The Labute approximate surface area is 173 Å². The summed E-state index contributed by atoms with van der Waals surface area (Å²) in [5, 5.41) is 11.0. The SMILES string of the molecule is CN=C(NCCc1c(C)nn(C)c1C)N1CCCC2(CNC(=O)C2)C1.I. The van der Waals surface area contributed by atoms with Crippen LogP contribution in [0.5, 0.6) is 0 Å². The topological polar surface area (TPSA) is 74.6 Å². The number of hydrogen-bond acceptors (Lipinski definition) is 3. The molecule has 2 fully saturated rings. The first-order valence-corrected chi connectivity index (χ1v) is 9.15. The summed E-state index contributed by atoms with van der Waals surface area (Å²) >= 11 is 0. The first-order chi connectivity index (χ1) is 11.9. The van der Waals surface area contributed by atoms with Gasteiger partial charge in [0, 0.05) is 57.8 Å². The maximum Gasteiger partial charge on any atom is 0.220 e. The van der Waals surface area contributed by atoms with Crippen LogP contribution in [0.3, 0.4) is 0 Å². The molecule has 2 N–H and O–H groups in total. The number of aromatic nitrogens is 2. The number of aliphatic imine (C=N–C) groups is 1. The van der Waals surface area contributed by atoms with Gasteiger partial charge in [0.2, 0.25) is 5.91 Å². The Kier molecular flexibility index (Phi) is 6.92. The number of nitrogens with zero attached hydrogens (tertiary/aromatic N) is 4. The van der Waals surface area contributed by atoms with Crippen LogP contribution in [0.15, 0.2) is 4.99 Å². The van der Waals surface area contributed by atoms with Gasteiger partial charge in [0.05, 0.1) is 5.69 Å². The number of nitrogens with one attached hydrogen (secondary N) is 2. The van der Waals surface area contributed by atoms with Crippen LogP contribution >= 0.6 is 24.0 Å². The molecule has 146 valence electrons. The second-order valence-corrected chi connectivity index (χ2v) is 7.48. The number of rotatable bonds is 3. The average Bonchev–Trinajstić information content (AvgIpc) is 3.05. The normalized spacial score (nSPS) is 23.2. The molecule has 26 heavy (non-hydrogen) atoms. The minimum atomic E-state index is 0. The Morgan fingerprint density at radius 2 is 2.19 bits per heavy atom. The first kappa shape index (κ1) is 21.0. The molecule has 1 aromatic heterocycles. The second-order valence-electron chi connectivity index (χ2n) is 7.48. The standard InChI is InChI=1S/C18H30N6O.HI/c1-13-15(14(2)23(4)22-13)6-8-20-17(19-3)24-9-5-7-18(12-24)10-16(25)21-11-18;/h5-12H2,1-4H3,(H,19,20)(H,21,25);1H. The van der Waals surface area contributed by atoms with Crippen molar-refractivity contribution in [3.63, 3.8) is 0 Å². The number of amides is 1. The highest BCUT2D eigenvalue weighted by atomic mass is 127. The summed E-state index contributed by atoms with van der Waals surface area (Å²) in [6, 6.07) is 0. The average molecular weight is 474 g/mol. The number of carbonyl (C=O) groups is 1. The van der Waals surface area contributed by atoms with Crippen molar-refractivity contribution in [2.45, 2.75) is 39.5 Å². The third-order valence-electron chi connectivity index (χ3n) is 5.69. The van der Waals surface area contributed by atoms with E-state index in [-0.39, 0.29) is 35.3 Å². The van der Waals surface area contributed by atoms with E-state index < -0.39 is 0 Å². The highest BCUT2D eigenvalue weighted by Crippen LogP contribution is 2.35. The molecule has 3 rings (SSSR count). The van der Waals surface area contributed by atoms with E-state index in [2.05, 4.69) is 39.5 Å². The minimum absolute atomic E-state index is 0. The third kappa shape index (κ3) is 4.32. The summed E-state index contributed by atoms with van der Waals surface area (Å²) in [5.74, 6) is 1.13. The molecule has 1 aromatic rings. The van der Waals surface area contributed by atoms with Crippen molar-refractivity contribution in [3.05, 3.63) is 17.0 Å². The van der Waals surface area contributed by atoms with Gasteiger partial charge in [0.15, 0.2) is 5.96 Å². The van der Waals surface area contributed by atoms with Gasteiger partial charge in [-0.2, -0.15) is 5.10 Å². The Hall–Kier alpha value is -1.32. The Bertz CT molecular complexity index is 685. The number of likely N-dealkylation sites (tertiary alicyclic amines) is 1. The summed E-state index contributed by atoms with van der Waals surface area (Å²) in [5.41, 5.74) is 3.72. The fourth-order valence-electron chi connectivity index (χ4n) is 4.24. The lowest BCUT2D eigenvalue weighted by Gasteiger charge is -2.40. The molecular formula is C18H31IN6O. The number of piperidine rings is 1. The predicted octanol–water partition coefficient (Wildman–Crippen LogP) is 1.37. The molecule has 2 saturated heterocycles.